The van der Waals surface area contributed by atoms with E-state index in [-0.39, 0.29) is 36.8 Å². The Morgan fingerprint density at radius 1 is 1.24 bits per heavy atom. The topological polar surface area (TPSA) is 54.5 Å². The number of nitrogens with one attached hydrogen (secondary N) is 1. The average molecular weight is 384 g/mol. The van der Waals surface area contributed by atoms with Gasteiger partial charge in [-0.1, -0.05) is 24.3 Å². The third kappa shape index (κ3) is 4.42. The van der Waals surface area contributed by atoms with Crippen molar-refractivity contribution in [3.8, 4) is 5.75 Å². The van der Waals surface area contributed by atoms with Crippen LogP contribution in [-0.2, 0) is 0 Å². The number of pyridine rings is 1. The minimum Gasteiger partial charge on any atom is -0.496 e. The number of aromatic nitrogens is 1. The van der Waals surface area contributed by atoms with Gasteiger partial charge < -0.3 is 15.0 Å². The van der Waals surface area contributed by atoms with Crippen LogP contribution in [0.2, 0.25) is 0 Å². The van der Waals surface area contributed by atoms with Crippen LogP contribution in [0.5, 0.6) is 5.75 Å². The molecular weight excluding hydrogens is 361 g/mol. The number of piperazine rings is 1. The smallest absolute Gasteiger partial charge is 0.273 e. The zero-order chi connectivity index (χ0) is 16.2. The van der Waals surface area contributed by atoms with Gasteiger partial charge in [0.2, 0.25) is 0 Å². The molecule has 0 aliphatic carbocycles. The minimum atomic E-state index is -0.0613. The Bertz CT molecular complexity index is 712. The fourth-order valence-corrected chi connectivity index (χ4v) is 3.01. The Morgan fingerprint density at radius 2 is 2.00 bits per heavy atom. The molecule has 1 saturated heterocycles. The second kappa shape index (κ2) is 9.61. The molecule has 1 unspecified atom stereocenters. The summed E-state index contributed by atoms with van der Waals surface area (Å²) in [6.07, 6.45) is 1.67. The van der Waals surface area contributed by atoms with Crippen LogP contribution in [-0.4, -0.2) is 42.5 Å². The second-order valence-electron chi connectivity index (χ2n) is 5.63. The number of nitrogens with zero attached hydrogens (tertiary/aromatic N) is 2. The van der Waals surface area contributed by atoms with Crippen molar-refractivity contribution in [3.05, 3.63) is 59.4 Å². The third-order valence-electron chi connectivity index (χ3n) is 4.21. The first-order chi connectivity index (χ1) is 11.2. The van der Waals surface area contributed by atoms with Crippen LogP contribution >= 0.6 is 24.8 Å². The number of aryl methyl sites for hydroxylation is 1. The van der Waals surface area contributed by atoms with Crippen molar-refractivity contribution < 1.29 is 9.53 Å². The van der Waals surface area contributed by atoms with Crippen LogP contribution in [0.4, 0.5) is 0 Å². The molecule has 1 aromatic heterocycles. The Kier molecular flexibility index (Phi) is 8.16. The van der Waals surface area contributed by atoms with E-state index in [1.54, 1.807) is 13.3 Å². The molecule has 0 radical (unpaired) electrons. The lowest BCUT2D eigenvalue weighted by molar-refractivity contribution is 0.0624. The number of methoxy groups -OCH3 is 1. The first kappa shape index (κ1) is 21.2. The van der Waals surface area contributed by atoms with Crippen molar-refractivity contribution in [2.24, 2.45) is 0 Å². The zero-order valence-corrected chi connectivity index (χ0v) is 15.9. The summed E-state index contributed by atoms with van der Waals surface area (Å²) in [7, 11) is 1.66. The molecule has 1 atom stereocenters. The van der Waals surface area contributed by atoms with E-state index in [0.717, 1.165) is 23.4 Å². The summed E-state index contributed by atoms with van der Waals surface area (Å²) in [6, 6.07) is 11.6. The van der Waals surface area contributed by atoms with Gasteiger partial charge in [0.25, 0.3) is 5.91 Å². The molecule has 1 aromatic carbocycles. The van der Waals surface area contributed by atoms with Crippen LogP contribution in [0, 0.1) is 6.92 Å². The van der Waals surface area contributed by atoms with Gasteiger partial charge in [0.1, 0.15) is 11.4 Å². The molecule has 3 rings (SSSR count). The summed E-state index contributed by atoms with van der Waals surface area (Å²) in [6.45, 7) is 4.05. The number of hydrogen-bond donors (Lipinski definition) is 1. The largest absolute Gasteiger partial charge is 0.496 e. The number of hydrogen-bond acceptors (Lipinski definition) is 4. The zero-order valence-electron chi connectivity index (χ0n) is 14.3. The number of benzene rings is 1. The number of carbonyl (C=O) groups is 1. The van der Waals surface area contributed by atoms with Gasteiger partial charge in [-0.15, -0.1) is 24.8 Å². The van der Waals surface area contributed by atoms with Crippen LogP contribution in [0.3, 0.4) is 0 Å². The van der Waals surface area contributed by atoms with Gasteiger partial charge in [0.05, 0.1) is 13.2 Å². The molecule has 5 nitrogen and oxygen atoms in total. The van der Waals surface area contributed by atoms with E-state index in [9.17, 15) is 4.79 Å². The van der Waals surface area contributed by atoms with Crippen molar-refractivity contribution in [1.82, 2.24) is 15.2 Å². The molecule has 1 N–H and O–H groups in total. The summed E-state index contributed by atoms with van der Waals surface area (Å²) in [5, 5.41) is 3.37. The summed E-state index contributed by atoms with van der Waals surface area (Å²) in [4.78, 5) is 19.2. The van der Waals surface area contributed by atoms with Crippen LogP contribution in [0.1, 0.15) is 27.7 Å². The van der Waals surface area contributed by atoms with E-state index >= 15 is 0 Å². The molecule has 1 aliphatic rings. The maximum atomic E-state index is 13.0. The predicted molar refractivity (Wildman–Crippen MR) is 103 cm³/mol. The first-order valence-corrected chi connectivity index (χ1v) is 7.78. The first-order valence-electron chi connectivity index (χ1n) is 7.78. The summed E-state index contributed by atoms with van der Waals surface area (Å²) in [5.74, 6) is 0.775. The van der Waals surface area contributed by atoms with Crippen LogP contribution in [0.15, 0.2) is 42.6 Å². The quantitative estimate of drug-likeness (QED) is 0.884. The van der Waals surface area contributed by atoms with Gasteiger partial charge in [-0.05, 0) is 24.6 Å². The van der Waals surface area contributed by atoms with E-state index in [4.69, 9.17) is 4.74 Å². The lowest BCUT2D eigenvalue weighted by atomic mass is 10.0. The standard InChI is InChI=1S/C18H21N3O2.2ClH/c1-13-6-5-9-20-17(13)18(22)21-11-10-19-12-15(21)14-7-3-4-8-16(14)23-2;;/h3-9,15,19H,10-12H2,1-2H3;2*1H. The molecule has 7 heteroatoms. The summed E-state index contributed by atoms with van der Waals surface area (Å²) >= 11 is 0. The van der Waals surface area contributed by atoms with Gasteiger partial charge in [-0.3, -0.25) is 9.78 Å². The fraction of sp³-hybridized carbons (Fsp3) is 0.333. The normalized spacial score (nSPS) is 16.4. The molecular formula is C18H23Cl2N3O2. The Labute approximate surface area is 160 Å². The van der Waals surface area contributed by atoms with Gasteiger partial charge in [0.15, 0.2) is 0 Å². The average Bonchev–Trinajstić information content (AvgIpc) is 2.61. The SMILES string of the molecule is COc1ccccc1C1CNCCN1C(=O)c1ncccc1C.Cl.Cl. The molecule has 1 fully saturated rings. The Balaban J connectivity index is 0.00000156. The molecule has 0 bridgehead atoms. The van der Waals surface area contributed by atoms with Crippen LogP contribution < -0.4 is 10.1 Å². The van der Waals surface area contributed by atoms with E-state index in [1.165, 1.54) is 0 Å². The molecule has 1 aliphatic heterocycles. The molecule has 25 heavy (non-hydrogen) atoms. The monoisotopic (exact) mass is 383 g/mol. The van der Waals surface area contributed by atoms with Crippen molar-refractivity contribution in [2.75, 3.05) is 26.7 Å². The van der Waals surface area contributed by atoms with E-state index in [1.807, 2.05) is 48.2 Å². The van der Waals surface area contributed by atoms with Gasteiger partial charge in [0, 0.05) is 31.4 Å². The Morgan fingerprint density at radius 3 is 2.72 bits per heavy atom. The molecule has 2 aromatic rings. The number of para-hydroxylation sites is 1. The second-order valence-corrected chi connectivity index (χ2v) is 5.63. The van der Waals surface area contributed by atoms with Gasteiger partial charge >= 0.3 is 0 Å². The van der Waals surface area contributed by atoms with Crippen molar-refractivity contribution in [3.63, 3.8) is 0 Å². The number of halogens is 2. The predicted octanol–water partition coefficient (Wildman–Crippen LogP) is 3.03. The maximum Gasteiger partial charge on any atom is 0.273 e. The highest BCUT2D eigenvalue weighted by Gasteiger charge is 2.31. The number of amides is 1. The van der Waals surface area contributed by atoms with Crippen molar-refractivity contribution in [1.29, 1.82) is 0 Å². The highest BCUT2D eigenvalue weighted by atomic mass is 35.5. The molecule has 136 valence electrons. The van der Waals surface area contributed by atoms with E-state index in [0.29, 0.717) is 18.8 Å². The summed E-state index contributed by atoms with van der Waals surface area (Å²) < 4.78 is 5.47. The molecule has 0 saturated carbocycles. The van der Waals surface area contributed by atoms with Crippen LogP contribution in [0.25, 0.3) is 0 Å². The lowest BCUT2D eigenvalue weighted by Gasteiger charge is -2.37. The lowest BCUT2D eigenvalue weighted by Crippen LogP contribution is -2.49. The third-order valence-corrected chi connectivity index (χ3v) is 4.21. The molecule has 2 heterocycles. The fourth-order valence-electron chi connectivity index (χ4n) is 3.01. The summed E-state index contributed by atoms with van der Waals surface area (Å²) in [5.41, 5.74) is 2.44. The number of ether oxygens (including phenoxy) is 1. The van der Waals surface area contributed by atoms with E-state index < -0.39 is 0 Å². The highest BCUT2D eigenvalue weighted by Crippen LogP contribution is 2.31. The molecule has 1 amide bonds. The van der Waals surface area contributed by atoms with E-state index in [2.05, 4.69) is 10.3 Å². The maximum absolute atomic E-state index is 13.0. The van der Waals surface area contributed by atoms with Crippen molar-refractivity contribution >= 4 is 30.7 Å². The minimum absolute atomic E-state index is 0. The van der Waals surface area contributed by atoms with Gasteiger partial charge in [-0.2, -0.15) is 0 Å². The number of carbonyl (C=O) groups excluding carboxylic acids is 1. The van der Waals surface area contributed by atoms with Gasteiger partial charge in [-0.25, -0.2) is 0 Å². The van der Waals surface area contributed by atoms with Crippen molar-refractivity contribution in [2.45, 2.75) is 13.0 Å². The number of rotatable bonds is 3. The Hall–Kier alpha value is -1.82. The highest BCUT2D eigenvalue weighted by molar-refractivity contribution is 5.94. The molecule has 0 spiro atoms.